The molecule has 1 N–H and O–H groups in total. The maximum absolute atomic E-state index is 13.9. The smallest absolute Gasteiger partial charge is 0.424 e. The Labute approximate surface area is 171 Å². The van der Waals surface area contributed by atoms with Crippen LogP contribution in [0.15, 0.2) is 79.0 Å². The molecule has 0 saturated heterocycles. The average Bonchev–Trinajstić information content (AvgIpc) is 3.15. The number of nitrogens with zero attached hydrogens (tertiary/aromatic N) is 2. The van der Waals surface area contributed by atoms with Crippen molar-refractivity contribution < 1.29 is 23.0 Å². The number of hydrogen-bond acceptors (Lipinski definition) is 3. The topological polar surface area (TPSA) is 47.3 Å². The van der Waals surface area contributed by atoms with Crippen LogP contribution in [-0.2, 0) is 5.60 Å². The van der Waals surface area contributed by atoms with E-state index in [9.17, 15) is 18.3 Å². The number of aliphatic hydroxyl groups is 1. The van der Waals surface area contributed by atoms with Gasteiger partial charge in [-0.2, -0.15) is 18.3 Å². The molecule has 0 amide bonds. The Kier molecular flexibility index (Phi) is 4.99. The molecule has 0 bridgehead atoms. The van der Waals surface area contributed by atoms with Crippen LogP contribution in [-0.4, -0.2) is 27.7 Å². The van der Waals surface area contributed by atoms with Crippen molar-refractivity contribution in [1.29, 1.82) is 0 Å². The summed E-state index contributed by atoms with van der Waals surface area (Å²) < 4.78 is 48.6. The molecular formula is C23H19F3N2O2. The van der Waals surface area contributed by atoms with Gasteiger partial charge in [0.05, 0.1) is 17.4 Å². The van der Waals surface area contributed by atoms with Crippen molar-refractivity contribution in [3.05, 3.63) is 90.1 Å². The van der Waals surface area contributed by atoms with Gasteiger partial charge in [0.1, 0.15) is 12.4 Å². The highest BCUT2D eigenvalue weighted by molar-refractivity contribution is 5.81. The number of para-hydroxylation sites is 1. The van der Waals surface area contributed by atoms with Crippen LogP contribution in [0.1, 0.15) is 11.1 Å². The van der Waals surface area contributed by atoms with E-state index in [1.807, 2.05) is 30.3 Å². The summed E-state index contributed by atoms with van der Waals surface area (Å²) in [5.41, 5.74) is -1.21. The zero-order valence-electron chi connectivity index (χ0n) is 16.1. The highest BCUT2D eigenvalue weighted by atomic mass is 19.4. The fourth-order valence-corrected chi connectivity index (χ4v) is 3.29. The van der Waals surface area contributed by atoms with Gasteiger partial charge in [0, 0.05) is 5.39 Å². The van der Waals surface area contributed by atoms with Crippen LogP contribution in [0.3, 0.4) is 0 Å². The number of ether oxygens (including phenoxy) is 1. The molecule has 0 aliphatic carbocycles. The van der Waals surface area contributed by atoms with Crippen LogP contribution >= 0.6 is 0 Å². The predicted molar refractivity (Wildman–Crippen MR) is 108 cm³/mol. The van der Waals surface area contributed by atoms with E-state index in [0.29, 0.717) is 10.9 Å². The molecule has 30 heavy (non-hydrogen) atoms. The molecule has 0 fully saturated rings. The van der Waals surface area contributed by atoms with Crippen LogP contribution in [0.25, 0.3) is 16.6 Å². The first-order chi connectivity index (χ1) is 14.3. The lowest BCUT2D eigenvalue weighted by Gasteiger charge is -2.31. The summed E-state index contributed by atoms with van der Waals surface area (Å²) in [4.78, 5) is 0. The minimum Gasteiger partial charge on any atom is -0.490 e. The Balaban J connectivity index is 1.70. The molecule has 0 aliphatic rings. The van der Waals surface area contributed by atoms with E-state index in [4.69, 9.17) is 4.74 Å². The van der Waals surface area contributed by atoms with Gasteiger partial charge in [0.25, 0.3) is 0 Å². The zero-order valence-corrected chi connectivity index (χ0v) is 16.1. The molecule has 4 nitrogen and oxygen atoms in total. The molecule has 4 rings (SSSR count). The number of hydrogen-bond donors (Lipinski definition) is 1. The number of aryl methyl sites for hydroxylation is 1. The van der Waals surface area contributed by atoms with Gasteiger partial charge in [0.2, 0.25) is 5.60 Å². The molecule has 1 atom stereocenters. The Bertz CT molecular complexity index is 1170. The molecule has 0 saturated carbocycles. The quantitative estimate of drug-likeness (QED) is 0.492. The van der Waals surface area contributed by atoms with Crippen LogP contribution in [0.4, 0.5) is 13.2 Å². The van der Waals surface area contributed by atoms with Crippen molar-refractivity contribution in [2.45, 2.75) is 18.7 Å². The molecule has 4 aromatic rings. The second kappa shape index (κ2) is 7.50. The number of rotatable bonds is 5. The van der Waals surface area contributed by atoms with Crippen LogP contribution in [0.2, 0.25) is 0 Å². The number of aromatic nitrogens is 2. The lowest BCUT2D eigenvalue weighted by molar-refractivity contribution is -0.275. The fraction of sp³-hybridized carbons (Fsp3) is 0.174. The van der Waals surface area contributed by atoms with Gasteiger partial charge in [0.15, 0.2) is 0 Å². The first-order valence-corrected chi connectivity index (χ1v) is 9.30. The second-order valence-corrected chi connectivity index (χ2v) is 7.13. The van der Waals surface area contributed by atoms with E-state index in [2.05, 4.69) is 5.10 Å². The highest BCUT2D eigenvalue weighted by Gasteiger charge is 2.56. The highest BCUT2D eigenvalue weighted by Crippen LogP contribution is 2.40. The summed E-state index contributed by atoms with van der Waals surface area (Å²) in [6.45, 7) is 0.847. The van der Waals surface area contributed by atoms with Gasteiger partial charge >= 0.3 is 6.18 Å². The van der Waals surface area contributed by atoms with E-state index in [-0.39, 0.29) is 11.3 Å². The summed E-state index contributed by atoms with van der Waals surface area (Å²) in [6.07, 6.45) is -3.45. The van der Waals surface area contributed by atoms with Crippen LogP contribution in [0, 0.1) is 6.92 Å². The minimum atomic E-state index is -4.93. The van der Waals surface area contributed by atoms with Crippen molar-refractivity contribution in [2.75, 3.05) is 6.61 Å². The largest absolute Gasteiger partial charge is 0.490 e. The summed E-state index contributed by atoms with van der Waals surface area (Å²) in [5, 5.41) is 15.4. The Morgan fingerprint density at radius 1 is 0.967 bits per heavy atom. The van der Waals surface area contributed by atoms with Crippen molar-refractivity contribution in [3.8, 4) is 11.4 Å². The Morgan fingerprint density at radius 2 is 1.73 bits per heavy atom. The summed E-state index contributed by atoms with van der Waals surface area (Å²) in [5.74, 6) is 0.260. The lowest BCUT2D eigenvalue weighted by atomic mass is 9.93. The maximum Gasteiger partial charge on any atom is 0.424 e. The molecule has 0 radical (unpaired) electrons. The van der Waals surface area contributed by atoms with E-state index in [1.54, 1.807) is 35.9 Å². The molecule has 1 aromatic heterocycles. The van der Waals surface area contributed by atoms with Crippen molar-refractivity contribution in [1.82, 2.24) is 9.78 Å². The van der Waals surface area contributed by atoms with Crippen LogP contribution in [0.5, 0.6) is 5.75 Å². The monoisotopic (exact) mass is 412 g/mol. The van der Waals surface area contributed by atoms with Crippen molar-refractivity contribution in [3.63, 3.8) is 0 Å². The van der Waals surface area contributed by atoms with E-state index >= 15 is 0 Å². The second-order valence-electron chi connectivity index (χ2n) is 7.13. The standard InChI is InChI=1S/C23H19F3N2O2/c1-16-6-5-9-20(12-16)30-15-22(29,23(24,25)26)18-10-11-21-17(13-18)14-27-28(21)19-7-3-2-4-8-19/h2-14,29H,15H2,1H3. The van der Waals surface area contributed by atoms with Crippen molar-refractivity contribution >= 4 is 10.9 Å². The minimum absolute atomic E-state index is 0.260. The zero-order chi connectivity index (χ0) is 21.4. The van der Waals surface area contributed by atoms with Gasteiger partial charge in [-0.05, 0) is 54.4 Å². The Hall–Kier alpha value is -3.32. The molecule has 1 heterocycles. The van der Waals surface area contributed by atoms with Gasteiger partial charge < -0.3 is 9.84 Å². The number of benzene rings is 3. The first-order valence-electron chi connectivity index (χ1n) is 9.30. The number of fused-ring (bicyclic) bond motifs is 1. The van der Waals surface area contributed by atoms with Gasteiger partial charge in [-0.1, -0.05) is 36.4 Å². The first kappa shape index (κ1) is 20.0. The van der Waals surface area contributed by atoms with E-state index in [1.165, 1.54) is 24.4 Å². The third-order valence-corrected chi connectivity index (χ3v) is 4.95. The maximum atomic E-state index is 13.9. The molecule has 0 aliphatic heterocycles. The lowest BCUT2D eigenvalue weighted by Crippen LogP contribution is -2.47. The third-order valence-electron chi connectivity index (χ3n) is 4.95. The third kappa shape index (κ3) is 3.64. The van der Waals surface area contributed by atoms with E-state index in [0.717, 1.165) is 11.3 Å². The summed E-state index contributed by atoms with van der Waals surface area (Å²) >= 11 is 0. The molecule has 1 unspecified atom stereocenters. The van der Waals surface area contributed by atoms with Crippen LogP contribution < -0.4 is 4.74 Å². The Morgan fingerprint density at radius 3 is 2.43 bits per heavy atom. The average molecular weight is 412 g/mol. The molecule has 154 valence electrons. The molecule has 7 heteroatoms. The number of halogens is 3. The molecule has 3 aromatic carbocycles. The van der Waals surface area contributed by atoms with Gasteiger partial charge in [-0.25, -0.2) is 4.68 Å². The molecule has 0 spiro atoms. The SMILES string of the molecule is Cc1cccc(OCC(O)(c2ccc3c(cnn3-c3ccccc3)c2)C(F)(F)F)c1. The fourth-order valence-electron chi connectivity index (χ4n) is 3.29. The van der Waals surface area contributed by atoms with Gasteiger partial charge in [-0.15, -0.1) is 0 Å². The van der Waals surface area contributed by atoms with Crippen molar-refractivity contribution in [2.24, 2.45) is 0 Å². The number of alkyl halides is 3. The predicted octanol–water partition coefficient (Wildman–Crippen LogP) is 5.16. The van der Waals surface area contributed by atoms with E-state index < -0.39 is 18.4 Å². The van der Waals surface area contributed by atoms with Gasteiger partial charge in [-0.3, -0.25) is 0 Å². The molecular weight excluding hydrogens is 393 g/mol. The summed E-state index contributed by atoms with van der Waals surface area (Å²) in [7, 11) is 0. The normalized spacial score (nSPS) is 13.9. The summed E-state index contributed by atoms with van der Waals surface area (Å²) in [6, 6.07) is 20.0.